The van der Waals surface area contributed by atoms with Crippen LogP contribution in [0.5, 0.6) is 11.5 Å². The zero-order chi connectivity index (χ0) is 16.8. The average Bonchev–Trinajstić information content (AvgIpc) is 2.56. The highest BCUT2D eigenvalue weighted by Crippen LogP contribution is 2.25. The summed E-state index contributed by atoms with van der Waals surface area (Å²) in [6.07, 6.45) is 0.645. The fourth-order valence-electron chi connectivity index (χ4n) is 2.02. The van der Waals surface area contributed by atoms with E-state index in [1.807, 2.05) is 0 Å². The highest BCUT2D eigenvalue weighted by molar-refractivity contribution is 5.72. The van der Waals surface area contributed by atoms with Crippen molar-refractivity contribution in [2.45, 2.75) is 33.3 Å². The Bertz CT molecular complexity index is 699. The lowest BCUT2D eigenvalue weighted by atomic mass is 10.1. The van der Waals surface area contributed by atoms with Crippen LogP contribution < -0.4 is 9.47 Å². The summed E-state index contributed by atoms with van der Waals surface area (Å²) >= 11 is 0. The summed E-state index contributed by atoms with van der Waals surface area (Å²) in [7, 11) is 0. The third kappa shape index (κ3) is 4.28. The molecule has 2 rings (SSSR count). The lowest BCUT2D eigenvalue weighted by Gasteiger charge is -2.12. The topological polar surface area (TPSA) is 35.5 Å². The van der Waals surface area contributed by atoms with Crippen LogP contribution in [0.3, 0.4) is 0 Å². The minimum absolute atomic E-state index is 0.0327. The summed E-state index contributed by atoms with van der Waals surface area (Å²) in [6, 6.07) is 8.97. The molecule has 0 radical (unpaired) electrons. The maximum Gasteiger partial charge on any atom is 0.310 e. The molecule has 0 saturated heterocycles. The highest BCUT2D eigenvalue weighted by Gasteiger charge is 2.12. The molecular formula is C18H18F2O3. The van der Waals surface area contributed by atoms with E-state index in [0.717, 1.165) is 12.1 Å². The largest absolute Gasteiger partial charge is 0.486 e. The maximum absolute atomic E-state index is 13.9. The SMILES string of the molecule is CCC(=O)Oc1ccccc1COc1cc(F)c(CC)cc1F. The molecular weight excluding hydrogens is 302 g/mol. The van der Waals surface area contributed by atoms with E-state index in [-0.39, 0.29) is 24.7 Å². The normalized spacial score (nSPS) is 10.4. The van der Waals surface area contributed by atoms with Gasteiger partial charge in [-0.2, -0.15) is 0 Å². The first-order valence-corrected chi connectivity index (χ1v) is 7.44. The van der Waals surface area contributed by atoms with Gasteiger partial charge >= 0.3 is 5.97 Å². The van der Waals surface area contributed by atoms with Gasteiger partial charge < -0.3 is 9.47 Å². The number of carbonyl (C=O) groups excluding carboxylic acids is 1. The number of halogens is 2. The van der Waals surface area contributed by atoms with Gasteiger partial charge in [-0.05, 0) is 24.1 Å². The van der Waals surface area contributed by atoms with Crippen LogP contribution in [0.15, 0.2) is 36.4 Å². The van der Waals surface area contributed by atoms with Crippen molar-refractivity contribution in [3.63, 3.8) is 0 Å². The minimum atomic E-state index is -0.619. The lowest BCUT2D eigenvalue weighted by molar-refractivity contribution is -0.134. The Morgan fingerprint density at radius 3 is 2.43 bits per heavy atom. The molecule has 0 aliphatic heterocycles. The first-order chi connectivity index (χ1) is 11.0. The lowest BCUT2D eigenvalue weighted by Crippen LogP contribution is -2.08. The van der Waals surface area contributed by atoms with E-state index in [2.05, 4.69) is 0 Å². The first kappa shape index (κ1) is 16.9. The summed E-state index contributed by atoms with van der Waals surface area (Å²) in [6.45, 7) is 3.40. The molecule has 2 aromatic carbocycles. The molecule has 0 spiro atoms. The summed E-state index contributed by atoms with van der Waals surface area (Å²) in [4.78, 5) is 11.4. The van der Waals surface area contributed by atoms with Crippen molar-refractivity contribution >= 4 is 5.97 Å². The molecule has 2 aromatic rings. The molecule has 3 nitrogen and oxygen atoms in total. The van der Waals surface area contributed by atoms with Crippen LogP contribution in [0.1, 0.15) is 31.4 Å². The fourth-order valence-corrected chi connectivity index (χ4v) is 2.02. The van der Waals surface area contributed by atoms with Crippen molar-refractivity contribution < 1.29 is 23.0 Å². The van der Waals surface area contributed by atoms with Gasteiger partial charge in [0.05, 0.1) is 0 Å². The molecule has 0 fully saturated rings. The van der Waals surface area contributed by atoms with Crippen molar-refractivity contribution in [2.24, 2.45) is 0 Å². The zero-order valence-electron chi connectivity index (χ0n) is 13.1. The number of para-hydroxylation sites is 1. The van der Waals surface area contributed by atoms with Gasteiger partial charge in [-0.3, -0.25) is 4.79 Å². The molecule has 0 amide bonds. The van der Waals surface area contributed by atoms with Crippen molar-refractivity contribution in [3.05, 3.63) is 59.2 Å². The number of carbonyl (C=O) groups is 1. The van der Waals surface area contributed by atoms with E-state index in [1.165, 1.54) is 0 Å². The molecule has 0 heterocycles. The zero-order valence-corrected chi connectivity index (χ0v) is 13.1. The van der Waals surface area contributed by atoms with Gasteiger partial charge in [0.25, 0.3) is 0 Å². The number of benzene rings is 2. The molecule has 0 atom stereocenters. The standard InChI is InChI=1S/C18H18F2O3/c1-3-12-9-15(20)17(10-14(12)19)22-11-13-7-5-6-8-16(13)23-18(21)4-2/h5-10H,3-4,11H2,1-2H3. The van der Waals surface area contributed by atoms with Crippen molar-refractivity contribution in [3.8, 4) is 11.5 Å². The smallest absolute Gasteiger partial charge is 0.310 e. The third-order valence-electron chi connectivity index (χ3n) is 3.35. The average molecular weight is 320 g/mol. The van der Waals surface area contributed by atoms with Crippen molar-refractivity contribution in [1.82, 2.24) is 0 Å². The van der Waals surface area contributed by atoms with Crippen molar-refractivity contribution in [1.29, 1.82) is 0 Å². The van der Waals surface area contributed by atoms with Crippen LogP contribution in [0.4, 0.5) is 8.78 Å². The van der Waals surface area contributed by atoms with Crippen LogP contribution in [0.25, 0.3) is 0 Å². The number of hydrogen-bond acceptors (Lipinski definition) is 3. The highest BCUT2D eigenvalue weighted by atomic mass is 19.1. The second-order valence-electron chi connectivity index (χ2n) is 4.95. The number of esters is 1. The van der Waals surface area contributed by atoms with Crippen LogP contribution in [-0.2, 0) is 17.8 Å². The Morgan fingerprint density at radius 1 is 1.00 bits per heavy atom. The second kappa shape index (κ2) is 7.72. The van der Waals surface area contributed by atoms with Gasteiger partial charge in [-0.25, -0.2) is 8.78 Å². The van der Waals surface area contributed by atoms with Gasteiger partial charge in [-0.1, -0.05) is 32.0 Å². The number of rotatable bonds is 6. The Balaban J connectivity index is 2.15. The summed E-state index contributed by atoms with van der Waals surface area (Å²) in [5, 5.41) is 0. The fraction of sp³-hybridized carbons (Fsp3) is 0.278. The molecule has 5 heteroatoms. The molecule has 23 heavy (non-hydrogen) atoms. The quantitative estimate of drug-likeness (QED) is 0.584. The van der Waals surface area contributed by atoms with Crippen LogP contribution in [0.2, 0.25) is 0 Å². The Kier molecular flexibility index (Phi) is 5.68. The van der Waals surface area contributed by atoms with E-state index in [9.17, 15) is 13.6 Å². The molecule has 0 aromatic heterocycles. The van der Waals surface area contributed by atoms with Gasteiger partial charge in [0.2, 0.25) is 0 Å². The van der Waals surface area contributed by atoms with Gasteiger partial charge in [0.15, 0.2) is 11.6 Å². The molecule has 0 aliphatic rings. The van der Waals surface area contributed by atoms with E-state index < -0.39 is 11.6 Å². The van der Waals surface area contributed by atoms with E-state index >= 15 is 0 Å². The number of hydrogen-bond donors (Lipinski definition) is 0. The van der Waals surface area contributed by atoms with Crippen molar-refractivity contribution in [2.75, 3.05) is 0 Å². The Labute approximate surface area is 133 Å². The van der Waals surface area contributed by atoms with E-state index in [0.29, 0.717) is 23.3 Å². The number of ether oxygens (including phenoxy) is 2. The van der Waals surface area contributed by atoms with Crippen LogP contribution in [-0.4, -0.2) is 5.97 Å². The number of aryl methyl sites for hydroxylation is 1. The Morgan fingerprint density at radius 2 is 1.74 bits per heavy atom. The first-order valence-electron chi connectivity index (χ1n) is 7.44. The summed E-state index contributed by atoms with van der Waals surface area (Å²) < 4.78 is 38.2. The molecule has 0 aliphatic carbocycles. The van der Waals surface area contributed by atoms with Gasteiger partial charge in [0.1, 0.15) is 18.2 Å². The monoisotopic (exact) mass is 320 g/mol. The van der Waals surface area contributed by atoms with Gasteiger partial charge in [0, 0.05) is 18.1 Å². The second-order valence-corrected chi connectivity index (χ2v) is 4.95. The van der Waals surface area contributed by atoms with E-state index in [4.69, 9.17) is 9.47 Å². The predicted octanol–water partition coefficient (Wildman–Crippen LogP) is 4.42. The Hall–Kier alpha value is -2.43. The summed E-state index contributed by atoms with van der Waals surface area (Å²) in [5.41, 5.74) is 0.876. The molecule has 0 unspecified atom stereocenters. The minimum Gasteiger partial charge on any atom is -0.486 e. The predicted molar refractivity (Wildman–Crippen MR) is 82.4 cm³/mol. The third-order valence-corrected chi connectivity index (χ3v) is 3.35. The summed E-state index contributed by atoms with van der Waals surface area (Å²) in [5.74, 6) is -1.32. The molecule has 0 bridgehead atoms. The van der Waals surface area contributed by atoms with Gasteiger partial charge in [-0.15, -0.1) is 0 Å². The molecule has 0 N–H and O–H groups in total. The van der Waals surface area contributed by atoms with Crippen LogP contribution >= 0.6 is 0 Å². The van der Waals surface area contributed by atoms with Crippen LogP contribution in [0, 0.1) is 11.6 Å². The molecule has 0 saturated carbocycles. The molecule has 122 valence electrons. The van der Waals surface area contributed by atoms with E-state index in [1.54, 1.807) is 38.1 Å². The maximum atomic E-state index is 13.9.